The number of aromatic nitrogens is 1. The number of benzene rings is 2. The minimum atomic E-state index is -0.514. The van der Waals surface area contributed by atoms with Crippen LogP contribution in [0, 0.1) is 10.1 Å². The Morgan fingerprint density at radius 3 is 2.42 bits per heavy atom. The SMILES string of the molecule is COCC(C)OC(=O)CCCCCn1c2ccc(/C(C)=N/OC(C)=O)cc2c2cc([N+](=O)[O-])ccc21. The maximum Gasteiger partial charge on any atom is 0.331 e. The Morgan fingerprint density at radius 1 is 1.06 bits per heavy atom. The molecule has 0 aliphatic carbocycles. The van der Waals surface area contributed by atoms with E-state index in [9.17, 15) is 19.7 Å². The van der Waals surface area contributed by atoms with Gasteiger partial charge < -0.3 is 18.9 Å². The number of hydrogen-bond donors (Lipinski definition) is 0. The molecule has 192 valence electrons. The van der Waals surface area contributed by atoms with Crippen LogP contribution in [0.25, 0.3) is 21.8 Å². The quantitative estimate of drug-likeness (QED) is 0.0849. The number of fused-ring (bicyclic) bond motifs is 3. The van der Waals surface area contributed by atoms with E-state index in [1.54, 1.807) is 33.1 Å². The molecular formula is C26H31N3O7. The summed E-state index contributed by atoms with van der Waals surface area (Å²) in [5.74, 6) is -0.748. The molecule has 0 bridgehead atoms. The highest BCUT2D eigenvalue weighted by Gasteiger charge is 2.16. The summed E-state index contributed by atoms with van der Waals surface area (Å²) >= 11 is 0. The molecule has 0 saturated carbocycles. The standard InChI is InChI=1S/C26H31N3O7/c1-17(16-34-4)35-26(31)8-6-5-7-13-28-24-11-9-20(18(2)27-36-19(3)30)14-22(24)23-15-21(29(32)33)10-12-25(23)28/h9-12,14-15,17H,5-8,13,16H2,1-4H3/b27-18+. The summed E-state index contributed by atoms with van der Waals surface area (Å²) in [6.45, 7) is 5.86. The fourth-order valence-electron chi connectivity index (χ4n) is 4.13. The molecule has 36 heavy (non-hydrogen) atoms. The number of rotatable bonds is 12. The first kappa shape index (κ1) is 26.8. The number of carbonyl (C=O) groups is 2. The Balaban J connectivity index is 1.81. The highest BCUT2D eigenvalue weighted by molar-refractivity contribution is 6.12. The Morgan fingerprint density at radius 2 is 1.75 bits per heavy atom. The van der Waals surface area contributed by atoms with Crippen molar-refractivity contribution in [1.82, 2.24) is 4.57 Å². The van der Waals surface area contributed by atoms with Gasteiger partial charge in [0.2, 0.25) is 0 Å². The Labute approximate surface area is 208 Å². The number of carbonyl (C=O) groups excluding carboxylic acids is 2. The van der Waals surface area contributed by atoms with Crippen molar-refractivity contribution in [3.05, 3.63) is 52.1 Å². The molecule has 0 N–H and O–H groups in total. The summed E-state index contributed by atoms with van der Waals surface area (Å²) in [6, 6.07) is 10.6. The molecular weight excluding hydrogens is 466 g/mol. The lowest BCUT2D eigenvalue weighted by Gasteiger charge is -2.12. The van der Waals surface area contributed by atoms with Gasteiger partial charge in [-0.05, 0) is 50.5 Å². The lowest BCUT2D eigenvalue weighted by Crippen LogP contribution is -2.19. The number of nitro benzene ring substituents is 1. The zero-order valence-corrected chi connectivity index (χ0v) is 21.0. The largest absolute Gasteiger partial charge is 0.460 e. The van der Waals surface area contributed by atoms with Gasteiger partial charge in [-0.1, -0.05) is 17.6 Å². The first-order valence-electron chi connectivity index (χ1n) is 11.8. The number of nitrogens with zero attached hydrogens (tertiary/aromatic N) is 3. The highest BCUT2D eigenvalue weighted by atomic mass is 16.7. The van der Waals surface area contributed by atoms with Crippen LogP contribution in [-0.4, -0.2) is 47.0 Å². The maximum absolute atomic E-state index is 12.0. The lowest BCUT2D eigenvalue weighted by molar-refractivity contribution is -0.384. The molecule has 0 saturated heterocycles. The van der Waals surface area contributed by atoms with Gasteiger partial charge in [-0.3, -0.25) is 14.9 Å². The second-order valence-corrected chi connectivity index (χ2v) is 8.67. The van der Waals surface area contributed by atoms with Crippen molar-refractivity contribution < 1.29 is 28.8 Å². The third kappa shape index (κ3) is 6.66. The van der Waals surface area contributed by atoms with Gasteiger partial charge in [0.05, 0.1) is 17.2 Å². The average Bonchev–Trinajstić information content (AvgIpc) is 3.14. The zero-order chi connectivity index (χ0) is 26.2. The van der Waals surface area contributed by atoms with E-state index in [2.05, 4.69) is 9.72 Å². The van der Waals surface area contributed by atoms with Crippen LogP contribution in [0.5, 0.6) is 0 Å². The van der Waals surface area contributed by atoms with Crippen LogP contribution in [0.1, 0.15) is 52.0 Å². The summed E-state index contributed by atoms with van der Waals surface area (Å²) in [5.41, 5.74) is 3.09. The van der Waals surface area contributed by atoms with Crippen molar-refractivity contribution in [3.63, 3.8) is 0 Å². The number of nitro groups is 1. The molecule has 0 radical (unpaired) electrons. The van der Waals surface area contributed by atoms with E-state index in [0.29, 0.717) is 31.7 Å². The van der Waals surface area contributed by atoms with Crippen LogP contribution < -0.4 is 0 Å². The topological polar surface area (TPSA) is 122 Å². The number of hydrogen-bond acceptors (Lipinski definition) is 8. The molecule has 1 heterocycles. The van der Waals surface area contributed by atoms with E-state index in [4.69, 9.17) is 14.3 Å². The summed E-state index contributed by atoms with van der Waals surface area (Å²) in [4.78, 5) is 38.8. The fraction of sp³-hybridized carbons (Fsp3) is 0.423. The van der Waals surface area contributed by atoms with Crippen molar-refractivity contribution in [3.8, 4) is 0 Å². The third-order valence-electron chi connectivity index (χ3n) is 5.78. The predicted octanol–water partition coefficient (Wildman–Crippen LogP) is 5.13. The van der Waals surface area contributed by atoms with Gasteiger partial charge in [0.15, 0.2) is 0 Å². The molecule has 3 rings (SSSR count). The van der Waals surface area contributed by atoms with Crippen molar-refractivity contribution in [2.45, 2.75) is 59.1 Å². The van der Waals surface area contributed by atoms with Crippen LogP contribution in [0.2, 0.25) is 0 Å². The number of methoxy groups -OCH3 is 1. The monoisotopic (exact) mass is 497 g/mol. The summed E-state index contributed by atoms with van der Waals surface area (Å²) in [5, 5.41) is 16.9. The minimum Gasteiger partial charge on any atom is -0.460 e. The van der Waals surface area contributed by atoms with E-state index in [1.165, 1.54) is 13.0 Å². The number of aryl methyl sites for hydroxylation is 1. The van der Waals surface area contributed by atoms with E-state index in [0.717, 1.165) is 40.2 Å². The van der Waals surface area contributed by atoms with Gasteiger partial charge in [0, 0.05) is 60.9 Å². The van der Waals surface area contributed by atoms with Gasteiger partial charge in [-0.2, -0.15) is 0 Å². The summed E-state index contributed by atoms with van der Waals surface area (Å²) < 4.78 is 12.4. The molecule has 10 nitrogen and oxygen atoms in total. The highest BCUT2D eigenvalue weighted by Crippen LogP contribution is 2.33. The molecule has 0 fully saturated rings. The number of unbranched alkanes of at least 4 members (excludes halogenated alkanes) is 2. The Hall–Kier alpha value is -3.79. The van der Waals surface area contributed by atoms with Crippen molar-refractivity contribution >= 4 is 45.1 Å². The second kappa shape index (κ2) is 12.3. The van der Waals surface area contributed by atoms with Gasteiger partial charge >= 0.3 is 11.9 Å². The number of ether oxygens (including phenoxy) is 2. The van der Waals surface area contributed by atoms with E-state index >= 15 is 0 Å². The molecule has 1 atom stereocenters. The van der Waals surface area contributed by atoms with Crippen LogP contribution in [-0.2, 0) is 30.4 Å². The van der Waals surface area contributed by atoms with Gasteiger partial charge in [0.1, 0.15) is 6.10 Å². The van der Waals surface area contributed by atoms with Crippen molar-refractivity contribution in [1.29, 1.82) is 0 Å². The third-order valence-corrected chi connectivity index (χ3v) is 5.78. The summed E-state index contributed by atoms with van der Waals surface area (Å²) in [7, 11) is 1.57. The predicted molar refractivity (Wildman–Crippen MR) is 136 cm³/mol. The molecule has 0 aliphatic heterocycles. The summed E-state index contributed by atoms with van der Waals surface area (Å²) in [6.07, 6.45) is 2.44. The molecule has 1 aromatic heterocycles. The fourth-order valence-corrected chi connectivity index (χ4v) is 4.13. The van der Waals surface area contributed by atoms with Gasteiger partial charge in [-0.15, -0.1) is 0 Å². The maximum atomic E-state index is 12.0. The molecule has 1 unspecified atom stereocenters. The number of esters is 1. The van der Waals surface area contributed by atoms with Crippen LogP contribution in [0.4, 0.5) is 5.69 Å². The zero-order valence-electron chi connectivity index (χ0n) is 21.0. The molecule has 0 spiro atoms. The smallest absolute Gasteiger partial charge is 0.331 e. The number of non-ortho nitro benzene ring substituents is 1. The van der Waals surface area contributed by atoms with Crippen molar-refractivity contribution in [2.24, 2.45) is 5.16 Å². The molecule has 3 aromatic rings. The van der Waals surface area contributed by atoms with Crippen molar-refractivity contribution in [2.75, 3.05) is 13.7 Å². The van der Waals surface area contributed by atoms with E-state index in [1.807, 2.05) is 18.2 Å². The van der Waals surface area contributed by atoms with Gasteiger partial charge in [-0.25, -0.2) is 4.79 Å². The van der Waals surface area contributed by atoms with E-state index < -0.39 is 10.9 Å². The van der Waals surface area contributed by atoms with Gasteiger partial charge in [0.25, 0.3) is 5.69 Å². The number of oxime groups is 1. The average molecular weight is 498 g/mol. The minimum absolute atomic E-state index is 0.0125. The first-order valence-corrected chi connectivity index (χ1v) is 11.8. The van der Waals surface area contributed by atoms with E-state index in [-0.39, 0.29) is 17.8 Å². The Bertz CT molecular complexity index is 1300. The molecule has 0 amide bonds. The molecule has 0 aliphatic rings. The van der Waals surface area contributed by atoms with Crippen LogP contribution in [0.3, 0.4) is 0 Å². The first-order chi connectivity index (χ1) is 17.2. The lowest BCUT2D eigenvalue weighted by atomic mass is 10.1. The van der Waals surface area contributed by atoms with Crippen LogP contribution >= 0.6 is 0 Å². The normalized spacial score (nSPS) is 12.6. The molecule has 2 aromatic carbocycles. The second-order valence-electron chi connectivity index (χ2n) is 8.67. The molecule has 10 heteroatoms. The van der Waals surface area contributed by atoms with Crippen LogP contribution in [0.15, 0.2) is 41.6 Å². The Kier molecular flexibility index (Phi) is 9.13.